The molecule has 0 saturated carbocycles. The van der Waals surface area contributed by atoms with Gasteiger partial charge in [-0.25, -0.2) is 0 Å². The molecule has 27 heavy (non-hydrogen) atoms. The van der Waals surface area contributed by atoms with Crippen LogP contribution < -0.4 is 0 Å². The molecule has 5 rings (SSSR count). The summed E-state index contributed by atoms with van der Waals surface area (Å²) >= 11 is 0. The van der Waals surface area contributed by atoms with Crippen molar-refractivity contribution in [3.63, 3.8) is 0 Å². The summed E-state index contributed by atoms with van der Waals surface area (Å²) in [5.41, 5.74) is -0.968. The van der Waals surface area contributed by atoms with Gasteiger partial charge in [0.1, 0.15) is 5.78 Å². The maximum atomic E-state index is 12.0. The fraction of sp³-hybridized carbons (Fsp3) is 0.588. The first-order valence-electron chi connectivity index (χ1n) is 8.56. The number of carbonyl (C=O) groups excluding carboxylic acids is 1. The lowest BCUT2D eigenvalue weighted by Gasteiger charge is -2.53. The minimum atomic E-state index is -4.52. The molecule has 1 aromatic carbocycles. The molecule has 4 fully saturated rings. The van der Waals surface area contributed by atoms with Gasteiger partial charge in [-0.05, 0) is 49.9 Å². The molecule has 4 bridgehead atoms. The van der Waals surface area contributed by atoms with Gasteiger partial charge in [-0.15, -0.1) is 0 Å². The monoisotopic (exact) mass is 407 g/mol. The molecule has 10 heteroatoms. The van der Waals surface area contributed by atoms with Crippen molar-refractivity contribution >= 4 is 15.9 Å². The Labute approximate surface area is 154 Å². The van der Waals surface area contributed by atoms with E-state index < -0.39 is 26.8 Å². The van der Waals surface area contributed by atoms with Crippen molar-refractivity contribution in [2.24, 2.45) is 5.92 Å². The average Bonchev–Trinajstić information content (AvgIpc) is 2.54. The zero-order valence-corrected chi connectivity index (χ0v) is 15.1. The van der Waals surface area contributed by atoms with Crippen LogP contribution in [0.5, 0.6) is 0 Å². The molecule has 0 aromatic heterocycles. The molecule has 2 N–H and O–H groups in total. The molecule has 4 aliphatic rings. The number of nitrogens with zero attached hydrogens (tertiary/aromatic N) is 1. The van der Waals surface area contributed by atoms with Gasteiger partial charge in [0, 0.05) is 18.0 Å². The van der Waals surface area contributed by atoms with E-state index in [0.717, 1.165) is 25.7 Å². The Morgan fingerprint density at radius 2 is 1.52 bits per heavy atom. The van der Waals surface area contributed by atoms with Crippen molar-refractivity contribution in [3.05, 3.63) is 29.8 Å². The lowest BCUT2D eigenvalue weighted by atomic mass is 9.72. The number of Topliss-reactive ketones (excluding diaryl/α,β-unsaturated/α-hetero) is 1. The van der Waals surface area contributed by atoms with Crippen molar-refractivity contribution in [2.75, 3.05) is 6.54 Å². The van der Waals surface area contributed by atoms with Gasteiger partial charge in [0.15, 0.2) is 0 Å². The number of halogens is 3. The highest BCUT2D eigenvalue weighted by atomic mass is 32.2. The topological polar surface area (TPSA) is 94.9 Å². The van der Waals surface area contributed by atoms with Crippen LogP contribution in [0.15, 0.2) is 29.2 Å². The van der Waals surface area contributed by atoms with Crippen LogP contribution in [-0.4, -0.2) is 53.5 Å². The van der Waals surface area contributed by atoms with E-state index in [1.807, 2.05) is 0 Å². The molecular weight excluding hydrogens is 387 g/mol. The maximum Gasteiger partial charge on any atom is 0.416 e. The number of hydrogen-bond acceptors (Lipinski definition) is 5. The van der Waals surface area contributed by atoms with E-state index in [9.17, 15) is 31.5 Å². The highest BCUT2D eigenvalue weighted by molar-refractivity contribution is 7.85. The summed E-state index contributed by atoms with van der Waals surface area (Å²) < 4.78 is 65.4. The molecule has 4 heterocycles. The first-order valence-corrected chi connectivity index (χ1v) is 10.0. The van der Waals surface area contributed by atoms with Crippen LogP contribution in [0.2, 0.25) is 0 Å². The fourth-order valence-electron chi connectivity index (χ4n) is 4.16. The van der Waals surface area contributed by atoms with Gasteiger partial charge in [-0.2, -0.15) is 21.6 Å². The molecule has 6 nitrogen and oxygen atoms in total. The normalized spacial score (nSPS) is 32.6. The summed E-state index contributed by atoms with van der Waals surface area (Å²) in [7, 11) is -4.43. The number of benzene rings is 1. The summed E-state index contributed by atoms with van der Waals surface area (Å²) in [5, 5.41) is 9.60. The minimum absolute atomic E-state index is 0.111. The summed E-state index contributed by atoms with van der Waals surface area (Å²) in [6, 6.07) is 3.57. The Kier molecular flexibility index (Phi) is 5.37. The number of piperidine rings is 4. The molecule has 0 radical (unpaired) electrons. The van der Waals surface area contributed by atoms with E-state index in [1.54, 1.807) is 0 Å². The lowest BCUT2D eigenvalue weighted by Crippen LogP contribution is -2.62. The Morgan fingerprint density at radius 3 is 1.93 bits per heavy atom. The van der Waals surface area contributed by atoms with E-state index in [4.69, 9.17) is 4.55 Å². The number of ketones is 1. The number of fused-ring (bicyclic) bond motifs is 1. The molecule has 0 spiro atoms. The fourth-order valence-corrected chi connectivity index (χ4v) is 4.64. The van der Waals surface area contributed by atoms with E-state index in [2.05, 4.69) is 4.90 Å². The van der Waals surface area contributed by atoms with Gasteiger partial charge in [-0.3, -0.25) is 14.2 Å². The second kappa shape index (κ2) is 7.16. The number of aliphatic hydroxyl groups excluding tert-OH is 1. The van der Waals surface area contributed by atoms with Gasteiger partial charge in [0.25, 0.3) is 10.1 Å². The Bertz CT molecular complexity index is 793. The minimum Gasteiger partial charge on any atom is -0.393 e. The third-order valence-electron chi connectivity index (χ3n) is 5.41. The van der Waals surface area contributed by atoms with Crippen molar-refractivity contribution < 1.29 is 36.0 Å². The van der Waals surface area contributed by atoms with Crippen LogP contribution in [-0.2, 0) is 21.1 Å². The first kappa shape index (κ1) is 20.2. The third-order valence-corrected chi connectivity index (χ3v) is 6.28. The first-order chi connectivity index (χ1) is 12.4. The summed E-state index contributed by atoms with van der Waals surface area (Å²) in [5.74, 6) is 0.761. The second-order valence-corrected chi connectivity index (χ2v) is 8.66. The second-order valence-electron chi connectivity index (χ2n) is 7.24. The third kappa shape index (κ3) is 4.50. The van der Waals surface area contributed by atoms with E-state index in [0.29, 0.717) is 54.6 Å². The van der Waals surface area contributed by atoms with Crippen molar-refractivity contribution in [1.82, 2.24) is 4.90 Å². The average molecular weight is 407 g/mol. The lowest BCUT2D eigenvalue weighted by molar-refractivity contribution is -0.144. The molecule has 4 saturated heterocycles. The van der Waals surface area contributed by atoms with E-state index in [1.165, 1.54) is 0 Å². The van der Waals surface area contributed by atoms with Gasteiger partial charge in [0.2, 0.25) is 0 Å². The van der Waals surface area contributed by atoms with Gasteiger partial charge < -0.3 is 5.11 Å². The number of alkyl halides is 3. The Balaban J connectivity index is 0.000000156. The standard InChI is InChI=1S/C10H15NO2.C7H5F3O3S/c12-9-3-7-1-6-2-8(4-9)11(7)5-10(6)13;8-7(9,10)5-1-3-6(4-2-5)14(11,12)13/h6-9,12H,1-5H2;1-4H,(H,11,12,13). The SMILES string of the molecule is O=C1CN2C3CC(O)CC2CC1C3.O=S(=O)(O)c1ccc(C(F)(F)F)cc1. The maximum absolute atomic E-state index is 12.0. The highest BCUT2D eigenvalue weighted by Gasteiger charge is 2.48. The van der Waals surface area contributed by atoms with E-state index >= 15 is 0 Å². The summed E-state index contributed by atoms with van der Waals surface area (Å²) in [6.45, 7) is 0.659. The molecule has 0 aliphatic carbocycles. The van der Waals surface area contributed by atoms with Gasteiger partial charge >= 0.3 is 6.18 Å². The number of hydrogen-bond donors (Lipinski definition) is 2. The van der Waals surface area contributed by atoms with Crippen LogP contribution >= 0.6 is 0 Å². The number of carbonyl (C=O) groups is 1. The van der Waals surface area contributed by atoms with Crippen molar-refractivity contribution in [1.29, 1.82) is 0 Å². The molecule has 1 aromatic rings. The molecule has 2 unspecified atom stereocenters. The quantitative estimate of drug-likeness (QED) is 0.693. The largest absolute Gasteiger partial charge is 0.416 e. The smallest absolute Gasteiger partial charge is 0.393 e. The van der Waals surface area contributed by atoms with Gasteiger partial charge in [-0.1, -0.05) is 0 Å². The Morgan fingerprint density at radius 1 is 1.00 bits per heavy atom. The highest BCUT2D eigenvalue weighted by Crippen LogP contribution is 2.41. The zero-order valence-electron chi connectivity index (χ0n) is 14.3. The molecule has 150 valence electrons. The van der Waals surface area contributed by atoms with Crippen molar-refractivity contribution in [3.8, 4) is 0 Å². The van der Waals surface area contributed by atoms with E-state index in [-0.39, 0.29) is 6.10 Å². The molecule has 0 amide bonds. The van der Waals surface area contributed by atoms with Gasteiger partial charge in [0.05, 0.1) is 23.1 Å². The zero-order chi connectivity index (χ0) is 20.0. The Hall–Kier alpha value is -1.49. The van der Waals surface area contributed by atoms with Crippen molar-refractivity contribution in [2.45, 2.75) is 54.9 Å². The summed E-state index contributed by atoms with van der Waals surface area (Å²) in [4.78, 5) is 13.2. The van der Waals surface area contributed by atoms with Crippen LogP contribution in [0, 0.1) is 5.92 Å². The predicted molar refractivity (Wildman–Crippen MR) is 88.5 cm³/mol. The van der Waals surface area contributed by atoms with Crippen LogP contribution in [0.3, 0.4) is 0 Å². The number of rotatable bonds is 1. The van der Waals surface area contributed by atoms with Crippen LogP contribution in [0.4, 0.5) is 13.2 Å². The van der Waals surface area contributed by atoms with Crippen LogP contribution in [0.25, 0.3) is 0 Å². The summed E-state index contributed by atoms with van der Waals surface area (Å²) in [6.07, 6.45) is -0.836. The molecule has 4 aliphatic heterocycles. The number of aliphatic hydroxyl groups is 1. The van der Waals surface area contributed by atoms with Crippen LogP contribution in [0.1, 0.15) is 31.2 Å². The molecule has 2 atom stereocenters. The molecular formula is C17H20F3NO5S. The predicted octanol–water partition coefficient (Wildman–Crippen LogP) is 2.13.